The van der Waals surface area contributed by atoms with Crippen molar-refractivity contribution in [1.29, 1.82) is 0 Å². The Morgan fingerprint density at radius 1 is 1.26 bits per heavy atom. The number of nitrogens with zero attached hydrogens (tertiary/aromatic N) is 2. The SMILES string of the molecule is CCCC#Cc1c(N[C@@H](C)C(=O)Nc2cc(C(=O)NO)cc(C(F)(F)F)c2)nc(N)nc1SC. The standard InChI is InChI=1S/C21H23F3N6O3S/c1-4-5-6-7-15-16(28-20(25)29-19(15)34-3)26-11(2)17(31)27-14-9-12(18(32)30-33)8-13(10-14)21(22,23)24/h8-11,33H,4-5H2,1-3H3,(H,27,31)(H,30,32)(H3,25,26,28,29)/t11-/m0/s1. The minimum absolute atomic E-state index is 0.0435. The van der Waals surface area contributed by atoms with Crippen molar-refractivity contribution in [2.45, 2.75) is 43.9 Å². The van der Waals surface area contributed by atoms with E-state index in [1.807, 2.05) is 6.92 Å². The lowest BCUT2D eigenvalue weighted by Crippen LogP contribution is -2.33. The van der Waals surface area contributed by atoms with Gasteiger partial charge >= 0.3 is 6.18 Å². The van der Waals surface area contributed by atoms with Gasteiger partial charge in [0.1, 0.15) is 16.9 Å². The summed E-state index contributed by atoms with van der Waals surface area (Å²) in [6, 6.07) is 1.24. The molecule has 1 atom stereocenters. The summed E-state index contributed by atoms with van der Waals surface area (Å²) in [7, 11) is 0. The van der Waals surface area contributed by atoms with Crippen LogP contribution in [0.5, 0.6) is 0 Å². The molecular formula is C21H23F3N6O3S. The monoisotopic (exact) mass is 496 g/mol. The average molecular weight is 497 g/mol. The zero-order valence-corrected chi connectivity index (χ0v) is 19.3. The van der Waals surface area contributed by atoms with E-state index in [9.17, 15) is 22.8 Å². The number of hydrogen-bond acceptors (Lipinski definition) is 8. The molecule has 34 heavy (non-hydrogen) atoms. The molecule has 1 aromatic carbocycles. The van der Waals surface area contributed by atoms with Crippen molar-refractivity contribution in [2.24, 2.45) is 0 Å². The molecule has 182 valence electrons. The molecule has 0 aliphatic rings. The molecule has 0 saturated heterocycles. The maximum Gasteiger partial charge on any atom is 0.416 e. The average Bonchev–Trinajstić information content (AvgIpc) is 2.78. The molecule has 0 bridgehead atoms. The van der Waals surface area contributed by atoms with Gasteiger partial charge in [-0.3, -0.25) is 14.8 Å². The normalized spacial score (nSPS) is 11.7. The number of aromatic nitrogens is 2. The van der Waals surface area contributed by atoms with Crippen LogP contribution in [-0.2, 0) is 11.0 Å². The Hall–Kier alpha value is -3.50. The van der Waals surface area contributed by atoms with Gasteiger partial charge in [0.2, 0.25) is 11.9 Å². The summed E-state index contributed by atoms with van der Waals surface area (Å²) in [5, 5.41) is 14.5. The summed E-state index contributed by atoms with van der Waals surface area (Å²) in [6.07, 6.45) is -1.53. The largest absolute Gasteiger partial charge is 0.416 e. The molecule has 1 aromatic heterocycles. The third-order valence-electron chi connectivity index (χ3n) is 4.31. The van der Waals surface area contributed by atoms with E-state index >= 15 is 0 Å². The second-order valence-corrected chi connectivity index (χ2v) is 7.75. The highest BCUT2D eigenvalue weighted by Crippen LogP contribution is 2.32. The first kappa shape index (κ1) is 26.7. The van der Waals surface area contributed by atoms with Crippen molar-refractivity contribution in [1.82, 2.24) is 15.4 Å². The number of halogens is 3. The topological polar surface area (TPSA) is 142 Å². The number of nitrogen functional groups attached to an aromatic ring is 1. The molecular weight excluding hydrogens is 473 g/mol. The van der Waals surface area contributed by atoms with Crippen LogP contribution in [0.25, 0.3) is 0 Å². The minimum atomic E-state index is -4.78. The third kappa shape index (κ3) is 7.00. The van der Waals surface area contributed by atoms with Crippen molar-refractivity contribution < 1.29 is 28.0 Å². The Balaban J connectivity index is 2.34. The Morgan fingerprint density at radius 2 is 1.97 bits per heavy atom. The summed E-state index contributed by atoms with van der Waals surface area (Å²) in [6.45, 7) is 3.43. The fraction of sp³-hybridized carbons (Fsp3) is 0.333. The number of rotatable bonds is 7. The molecule has 13 heteroatoms. The van der Waals surface area contributed by atoms with Gasteiger partial charge in [0.15, 0.2) is 0 Å². The molecule has 2 amide bonds. The zero-order chi connectivity index (χ0) is 25.5. The van der Waals surface area contributed by atoms with Gasteiger partial charge in [0.05, 0.1) is 11.1 Å². The number of anilines is 3. The number of unbranched alkanes of at least 4 members (excludes halogenated alkanes) is 1. The fourth-order valence-corrected chi connectivity index (χ4v) is 3.21. The van der Waals surface area contributed by atoms with Crippen molar-refractivity contribution in [2.75, 3.05) is 22.6 Å². The number of hydrogen-bond donors (Lipinski definition) is 5. The highest BCUT2D eigenvalue weighted by atomic mass is 32.2. The van der Waals surface area contributed by atoms with Gasteiger partial charge < -0.3 is 16.4 Å². The number of nitrogens with one attached hydrogen (secondary N) is 3. The van der Waals surface area contributed by atoms with E-state index in [2.05, 4.69) is 32.4 Å². The predicted molar refractivity (Wildman–Crippen MR) is 122 cm³/mol. The van der Waals surface area contributed by atoms with Gasteiger partial charge in [-0.15, -0.1) is 11.8 Å². The lowest BCUT2D eigenvalue weighted by atomic mass is 10.1. The van der Waals surface area contributed by atoms with Gasteiger partial charge in [-0.25, -0.2) is 10.5 Å². The predicted octanol–water partition coefficient (Wildman–Crippen LogP) is 3.51. The highest BCUT2D eigenvalue weighted by Gasteiger charge is 2.32. The summed E-state index contributed by atoms with van der Waals surface area (Å²) < 4.78 is 39.7. The van der Waals surface area contributed by atoms with Gasteiger partial charge in [-0.2, -0.15) is 18.2 Å². The zero-order valence-electron chi connectivity index (χ0n) is 18.5. The van der Waals surface area contributed by atoms with E-state index in [-0.39, 0.29) is 17.5 Å². The first-order valence-corrected chi connectivity index (χ1v) is 11.2. The number of benzene rings is 1. The second kappa shape index (κ2) is 11.6. The van der Waals surface area contributed by atoms with Crippen LogP contribution in [0, 0.1) is 11.8 Å². The van der Waals surface area contributed by atoms with Crippen molar-refractivity contribution in [3.63, 3.8) is 0 Å². The van der Waals surface area contributed by atoms with Crippen LogP contribution in [0.15, 0.2) is 23.2 Å². The molecule has 0 aliphatic heterocycles. The number of thioether (sulfide) groups is 1. The fourth-order valence-electron chi connectivity index (χ4n) is 2.68. The molecule has 2 rings (SSSR count). The number of carbonyl (C=O) groups excluding carboxylic acids is 2. The van der Waals surface area contributed by atoms with Crippen LogP contribution in [-0.4, -0.2) is 39.3 Å². The highest BCUT2D eigenvalue weighted by molar-refractivity contribution is 7.98. The van der Waals surface area contributed by atoms with Crippen LogP contribution < -0.4 is 21.8 Å². The minimum Gasteiger partial charge on any atom is -0.368 e. The lowest BCUT2D eigenvalue weighted by molar-refractivity contribution is -0.137. The summed E-state index contributed by atoms with van der Waals surface area (Å²) >= 11 is 1.29. The first-order valence-electron chi connectivity index (χ1n) is 9.94. The first-order chi connectivity index (χ1) is 16.0. The lowest BCUT2D eigenvalue weighted by Gasteiger charge is -2.18. The molecule has 1 heterocycles. The quantitative estimate of drug-likeness (QED) is 0.129. The smallest absolute Gasteiger partial charge is 0.368 e. The molecule has 0 saturated carbocycles. The van der Waals surface area contributed by atoms with E-state index in [4.69, 9.17) is 10.9 Å². The molecule has 0 spiro atoms. The Morgan fingerprint density at radius 3 is 2.56 bits per heavy atom. The van der Waals surface area contributed by atoms with Crippen LogP contribution in [0.3, 0.4) is 0 Å². The summed E-state index contributed by atoms with van der Waals surface area (Å²) in [5.41, 5.74) is 5.51. The van der Waals surface area contributed by atoms with Crippen LogP contribution in [0.2, 0.25) is 0 Å². The van der Waals surface area contributed by atoms with Gasteiger partial charge in [-0.05, 0) is 37.8 Å². The Labute approximate surface area is 198 Å². The maximum atomic E-state index is 13.2. The number of nitrogens with two attached hydrogens (primary N) is 1. The van der Waals surface area contributed by atoms with E-state index in [1.54, 1.807) is 6.26 Å². The third-order valence-corrected chi connectivity index (χ3v) is 5.00. The van der Waals surface area contributed by atoms with Gasteiger partial charge in [0.25, 0.3) is 5.91 Å². The van der Waals surface area contributed by atoms with E-state index in [1.165, 1.54) is 24.2 Å². The van der Waals surface area contributed by atoms with Crippen molar-refractivity contribution in [3.8, 4) is 11.8 Å². The maximum absolute atomic E-state index is 13.2. The van der Waals surface area contributed by atoms with Crippen LogP contribution in [0.4, 0.5) is 30.6 Å². The van der Waals surface area contributed by atoms with Gasteiger partial charge in [-0.1, -0.05) is 18.8 Å². The molecule has 6 N–H and O–H groups in total. The summed E-state index contributed by atoms with van der Waals surface area (Å²) in [4.78, 5) is 32.6. The molecule has 0 unspecified atom stereocenters. The second-order valence-electron chi connectivity index (χ2n) is 6.96. The molecule has 9 nitrogen and oxygen atoms in total. The summed E-state index contributed by atoms with van der Waals surface area (Å²) in [5.74, 6) is 4.23. The van der Waals surface area contributed by atoms with Crippen molar-refractivity contribution >= 4 is 41.0 Å². The molecule has 0 radical (unpaired) electrons. The Bertz CT molecular complexity index is 1130. The van der Waals surface area contributed by atoms with E-state index in [0.717, 1.165) is 12.5 Å². The Kier molecular flexibility index (Phi) is 9.11. The van der Waals surface area contributed by atoms with E-state index < -0.39 is 35.2 Å². The van der Waals surface area contributed by atoms with Crippen LogP contribution >= 0.6 is 11.8 Å². The number of amides is 2. The van der Waals surface area contributed by atoms with E-state index in [0.29, 0.717) is 29.1 Å². The number of carbonyl (C=O) groups is 2. The van der Waals surface area contributed by atoms with Crippen molar-refractivity contribution in [3.05, 3.63) is 34.9 Å². The van der Waals surface area contributed by atoms with Crippen LogP contribution in [0.1, 0.15) is 48.2 Å². The molecule has 2 aromatic rings. The molecule has 0 aliphatic carbocycles. The van der Waals surface area contributed by atoms with Gasteiger partial charge in [0, 0.05) is 17.7 Å². The number of hydroxylamine groups is 1. The number of alkyl halides is 3. The molecule has 0 fully saturated rings.